The molecule has 0 fully saturated rings. The van der Waals surface area contributed by atoms with Crippen LogP contribution in [0.25, 0.3) is 0 Å². The molecule has 0 aromatic heterocycles. The van der Waals surface area contributed by atoms with Crippen molar-refractivity contribution in [3.8, 4) is 0 Å². The lowest BCUT2D eigenvalue weighted by Crippen LogP contribution is -2.05. The lowest BCUT2D eigenvalue weighted by atomic mass is 10.0. The molecule has 0 saturated heterocycles. The van der Waals surface area contributed by atoms with E-state index in [1.807, 2.05) is 18.3 Å². The average Bonchev–Trinajstić information content (AvgIpc) is 2.20. The third-order valence-electron chi connectivity index (χ3n) is 2.22. The molecule has 14 heavy (non-hydrogen) atoms. The van der Waals surface area contributed by atoms with E-state index in [1.165, 1.54) is 17.3 Å². The lowest BCUT2D eigenvalue weighted by Gasteiger charge is -2.06. The van der Waals surface area contributed by atoms with E-state index in [1.54, 1.807) is 0 Å². The van der Waals surface area contributed by atoms with Crippen molar-refractivity contribution in [1.29, 1.82) is 0 Å². The number of nitrogens with zero attached hydrogens (tertiary/aromatic N) is 1. The van der Waals surface area contributed by atoms with E-state index in [2.05, 4.69) is 24.6 Å². The van der Waals surface area contributed by atoms with Crippen molar-refractivity contribution in [2.75, 3.05) is 6.54 Å². The summed E-state index contributed by atoms with van der Waals surface area (Å²) in [5.41, 5.74) is 9.21. The molecule has 0 atom stereocenters. The molecule has 1 rings (SSSR count). The van der Waals surface area contributed by atoms with Crippen LogP contribution in [-0.2, 0) is 6.42 Å². The Balaban J connectivity index is 3.00. The molecular formula is C12H16N2. The Labute approximate surface area is 85.2 Å². The fourth-order valence-corrected chi connectivity index (χ4v) is 1.40. The fourth-order valence-electron chi connectivity index (χ4n) is 1.40. The van der Waals surface area contributed by atoms with Gasteiger partial charge in [-0.05, 0) is 36.6 Å². The molecule has 0 spiro atoms. The smallest absolute Gasteiger partial charge is 0.0342 e. The fraction of sp³-hybridized carbons (Fsp3) is 0.250. The summed E-state index contributed by atoms with van der Waals surface area (Å²) in [7, 11) is 0. The minimum Gasteiger partial charge on any atom is -0.330 e. The number of nitrogens with two attached hydrogens (primary N) is 1. The normalized spacial score (nSPS) is 10.7. The monoisotopic (exact) mass is 188 g/mol. The summed E-state index contributed by atoms with van der Waals surface area (Å²) in [5, 5.41) is 0. The zero-order valence-corrected chi connectivity index (χ0v) is 8.53. The maximum Gasteiger partial charge on any atom is 0.0342 e. The highest BCUT2D eigenvalue weighted by atomic mass is 14.7. The number of benzene rings is 1. The first-order chi connectivity index (χ1) is 6.79. The van der Waals surface area contributed by atoms with Crippen molar-refractivity contribution in [2.45, 2.75) is 13.3 Å². The van der Waals surface area contributed by atoms with Gasteiger partial charge in [-0.2, -0.15) is 0 Å². The number of aliphatic imine (C=N–C) groups is 1. The third-order valence-corrected chi connectivity index (χ3v) is 2.22. The molecule has 0 bridgehead atoms. The summed E-state index contributed by atoms with van der Waals surface area (Å²) in [6, 6.07) is 6.18. The van der Waals surface area contributed by atoms with Gasteiger partial charge in [0.2, 0.25) is 0 Å². The van der Waals surface area contributed by atoms with Crippen LogP contribution >= 0.6 is 0 Å². The summed E-state index contributed by atoms with van der Waals surface area (Å²) < 4.78 is 0. The van der Waals surface area contributed by atoms with Crippen LogP contribution in [0.1, 0.15) is 16.7 Å². The Bertz CT molecular complexity index is 340. The summed E-state index contributed by atoms with van der Waals surface area (Å²) in [5.74, 6) is 0. The second-order valence-electron chi connectivity index (χ2n) is 3.13. The molecule has 0 aliphatic carbocycles. The van der Waals surface area contributed by atoms with Gasteiger partial charge in [0.15, 0.2) is 0 Å². The van der Waals surface area contributed by atoms with E-state index in [0.29, 0.717) is 6.54 Å². The van der Waals surface area contributed by atoms with E-state index in [4.69, 9.17) is 5.73 Å². The van der Waals surface area contributed by atoms with Crippen LogP contribution in [0, 0.1) is 6.92 Å². The maximum absolute atomic E-state index is 5.53. The number of rotatable bonds is 4. The number of hydrogen-bond donors (Lipinski definition) is 1. The van der Waals surface area contributed by atoms with Gasteiger partial charge in [-0.15, -0.1) is 0 Å². The molecule has 1 aromatic rings. The summed E-state index contributed by atoms with van der Waals surface area (Å²) >= 11 is 0. The van der Waals surface area contributed by atoms with Crippen molar-refractivity contribution in [1.82, 2.24) is 0 Å². The molecular weight excluding hydrogens is 172 g/mol. The van der Waals surface area contributed by atoms with Gasteiger partial charge >= 0.3 is 0 Å². The zero-order chi connectivity index (χ0) is 10.4. The Morgan fingerprint density at radius 1 is 1.50 bits per heavy atom. The zero-order valence-electron chi connectivity index (χ0n) is 8.53. The predicted molar refractivity (Wildman–Crippen MR) is 61.7 cm³/mol. The molecule has 0 aliphatic heterocycles. The highest BCUT2D eigenvalue weighted by molar-refractivity contribution is 5.82. The third kappa shape index (κ3) is 2.54. The van der Waals surface area contributed by atoms with Gasteiger partial charge in [0.05, 0.1) is 0 Å². The largest absolute Gasteiger partial charge is 0.330 e. The second kappa shape index (κ2) is 5.35. The summed E-state index contributed by atoms with van der Waals surface area (Å²) in [4.78, 5) is 4.01. The van der Waals surface area contributed by atoms with E-state index < -0.39 is 0 Å². The molecule has 2 N–H and O–H groups in total. The van der Waals surface area contributed by atoms with Gasteiger partial charge in [0, 0.05) is 12.4 Å². The molecule has 0 saturated carbocycles. The van der Waals surface area contributed by atoms with Crippen LogP contribution in [0.15, 0.2) is 36.0 Å². The number of hydrogen-bond acceptors (Lipinski definition) is 2. The highest BCUT2D eigenvalue weighted by Crippen LogP contribution is 2.12. The predicted octanol–water partition coefficient (Wildman–Crippen LogP) is 2.06. The van der Waals surface area contributed by atoms with Crippen molar-refractivity contribution in [2.24, 2.45) is 10.7 Å². The van der Waals surface area contributed by atoms with Crippen molar-refractivity contribution >= 4 is 6.21 Å². The minimum absolute atomic E-state index is 0.683. The lowest BCUT2D eigenvalue weighted by molar-refractivity contribution is 0.957. The van der Waals surface area contributed by atoms with Crippen LogP contribution in [0.4, 0.5) is 0 Å². The van der Waals surface area contributed by atoms with E-state index in [-0.39, 0.29) is 0 Å². The first kappa shape index (κ1) is 10.7. The Morgan fingerprint density at radius 2 is 2.29 bits per heavy atom. The van der Waals surface area contributed by atoms with E-state index in [9.17, 15) is 0 Å². The maximum atomic E-state index is 5.53. The Kier molecular flexibility index (Phi) is 4.08. The Morgan fingerprint density at radius 3 is 2.93 bits per heavy atom. The molecule has 0 heterocycles. The van der Waals surface area contributed by atoms with Gasteiger partial charge in [-0.25, -0.2) is 0 Å². The van der Waals surface area contributed by atoms with Gasteiger partial charge in [0.1, 0.15) is 0 Å². The second-order valence-corrected chi connectivity index (χ2v) is 3.13. The standard InChI is InChI=1S/C12H16N2/c1-3-14-9-12-6-4-5-11(7-8-13)10(12)2/h3-6,9H,1,7-8,13H2,2H3. The van der Waals surface area contributed by atoms with Crippen LogP contribution in [0.5, 0.6) is 0 Å². The van der Waals surface area contributed by atoms with Crippen LogP contribution < -0.4 is 5.73 Å². The molecule has 1 aromatic carbocycles. The topological polar surface area (TPSA) is 38.4 Å². The van der Waals surface area contributed by atoms with Crippen molar-refractivity contribution in [3.05, 3.63) is 47.7 Å². The summed E-state index contributed by atoms with van der Waals surface area (Å²) in [6.07, 6.45) is 4.28. The van der Waals surface area contributed by atoms with Gasteiger partial charge in [0.25, 0.3) is 0 Å². The van der Waals surface area contributed by atoms with Crippen molar-refractivity contribution < 1.29 is 0 Å². The quantitative estimate of drug-likeness (QED) is 0.722. The van der Waals surface area contributed by atoms with Crippen LogP contribution in [0.3, 0.4) is 0 Å². The molecule has 2 nitrogen and oxygen atoms in total. The molecule has 2 heteroatoms. The van der Waals surface area contributed by atoms with Crippen LogP contribution in [-0.4, -0.2) is 12.8 Å². The Hall–Kier alpha value is -1.41. The van der Waals surface area contributed by atoms with Gasteiger partial charge in [-0.3, -0.25) is 4.99 Å². The summed E-state index contributed by atoms with van der Waals surface area (Å²) in [6.45, 7) is 6.32. The average molecular weight is 188 g/mol. The van der Waals surface area contributed by atoms with Gasteiger partial charge in [-0.1, -0.05) is 24.8 Å². The van der Waals surface area contributed by atoms with E-state index in [0.717, 1.165) is 12.0 Å². The first-order valence-electron chi connectivity index (χ1n) is 4.72. The SMILES string of the molecule is C=CN=Cc1cccc(CCN)c1C. The van der Waals surface area contributed by atoms with Crippen molar-refractivity contribution in [3.63, 3.8) is 0 Å². The molecule has 0 radical (unpaired) electrons. The first-order valence-corrected chi connectivity index (χ1v) is 4.72. The van der Waals surface area contributed by atoms with E-state index >= 15 is 0 Å². The van der Waals surface area contributed by atoms with Gasteiger partial charge < -0.3 is 5.73 Å². The van der Waals surface area contributed by atoms with Crippen LogP contribution in [0.2, 0.25) is 0 Å². The highest BCUT2D eigenvalue weighted by Gasteiger charge is 2.00. The molecule has 0 amide bonds. The molecule has 0 unspecified atom stereocenters. The molecule has 74 valence electrons. The minimum atomic E-state index is 0.683. The molecule has 0 aliphatic rings.